The SMILES string of the molecule is O=C1c2ccc(F)cc2[C@H]2CCCC[C@@H]12. The lowest BCUT2D eigenvalue weighted by Gasteiger charge is -2.24. The molecule has 0 amide bonds. The van der Waals surface area contributed by atoms with Crippen LogP contribution in [0.15, 0.2) is 18.2 Å². The zero-order valence-corrected chi connectivity index (χ0v) is 8.50. The van der Waals surface area contributed by atoms with Crippen LogP contribution in [0.2, 0.25) is 0 Å². The van der Waals surface area contributed by atoms with E-state index in [4.69, 9.17) is 0 Å². The maximum absolute atomic E-state index is 13.1. The van der Waals surface area contributed by atoms with Crippen LogP contribution in [-0.2, 0) is 0 Å². The molecule has 1 saturated carbocycles. The van der Waals surface area contributed by atoms with Crippen LogP contribution >= 0.6 is 0 Å². The highest BCUT2D eigenvalue weighted by molar-refractivity contribution is 6.03. The summed E-state index contributed by atoms with van der Waals surface area (Å²) in [5.74, 6) is 0.481. The third-order valence-corrected chi connectivity index (χ3v) is 3.78. The summed E-state index contributed by atoms with van der Waals surface area (Å²) in [4.78, 5) is 12.0. The number of rotatable bonds is 0. The van der Waals surface area contributed by atoms with E-state index < -0.39 is 0 Å². The van der Waals surface area contributed by atoms with E-state index in [2.05, 4.69) is 0 Å². The van der Waals surface area contributed by atoms with E-state index in [1.54, 1.807) is 12.1 Å². The van der Waals surface area contributed by atoms with Crippen LogP contribution in [0.25, 0.3) is 0 Å². The van der Waals surface area contributed by atoms with Crippen molar-refractivity contribution in [2.24, 2.45) is 5.92 Å². The molecule has 2 aliphatic rings. The van der Waals surface area contributed by atoms with Crippen molar-refractivity contribution in [3.8, 4) is 0 Å². The minimum Gasteiger partial charge on any atom is -0.294 e. The molecular formula is C13H13FO. The van der Waals surface area contributed by atoms with Crippen LogP contribution in [0.4, 0.5) is 4.39 Å². The van der Waals surface area contributed by atoms with E-state index in [-0.39, 0.29) is 17.5 Å². The van der Waals surface area contributed by atoms with E-state index in [1.807, 2.05) is 0 Å². The summed E-state index contributed by atoms with van der Waals surface area (Å²) in [6.45, 7) is 0. The van der Waals surface area contributed by atoms with Crippen LogP contribution < -0.4 is 0 Å². The molecule has 0 radical (unpaired) electrons. The monoisotopic (exact) mass is 204 g/mol. The molecule has 2 heteroatoms. The minimum absolute atomic E-state index is 0.149. The highest BCUT2D eigenvalue weighted by atomic mass is 19.1. The molecule has 0 heterocycles. The number of Topliss-reactive ketones (excluding diaryl/α,β-unsaturated/α-hetero) is 1. The first kappa shape index (κ1) is 9.08. The third-order valence-electron chi connectivity index (χ3n) is 3.78. The zero-order valence-electron chi connectivity index (χ0n) is 8.50. The minimum atomic E-state index is -0.215. The van der Waals surface area contributed by atoms with Gasteiger partial charge >= 0.3 is 0 Å². The van der Waals surface area contributed by atoms with Gasteiger partial charge in [-0.3, -0.25) is 4.79 Å². The van der Waals surface area contributed by atoms with Crippen LogP contribution in [0.1, 0.15) is 47.5 Å². The maximum Gasteiger partial charge on any atom is 0.166 e. The molecule has 0 spiro atoms. The van der Waals surface area contributed by atoms with E-state index >= 15 is 0 Å². The molecule has 1 aromatic carbocycles. The average molecular weight is 204 g/mol. The van der Waals surface area contributed by atoms with Crippen molar-refractivity contribution in [1.29, 1.82) is 0 Å². The predicted octanol–water partition coefficient (Wildman–Crippen LogP) is 3.30. The second kappa shape index (κ2) is 3.16. The van der Waals surface area contributed by atoms with Gasteiger partial charge in [0.15, 0.2) is 5.78 Å². The van der Waals surface area contributed by atoms with Gasteiger partial charge in [-0.2, -0.15) is 0 Å². The molecule has 0 unspecified atom stereocenters. The van der Waals surface area contributed by atoms with Gasteiger partial charge in [0.05, 0.1) is 0 Å². The van der Waals surface area contributed by atoms with Gasteiger partial charge < -0.3 is 0 Å². The van der Waals surface area contributed by atoms with Gasteiger partial charge in [-0.05, 0) is 42.5 Å². The Morgan fingerprint density at radius 3 is 2.67 bits per heavy atom. The number of carbonyl (C=O) groups excluding carboxylic acids is 1. The van der Waals surface area contributed by atoms with Crippen molar-refractivity contribution < 1.29 is 9.18 Å². The number of halogens is 1. The molecule has 3 rings (SSSR count). The summed E-state index contributed by atoms with van der Waals surface area (Å²) in [6.07, 6.45) is 4.35. The number of ketones is 1. The lowest BCUT2D eigenvalue weighted by molar-refractivity contribution is 0.0898. The number of carbonyl (C=O) groups is 1. The van der Waals surface area contributed by atoms with Crippen molar-refractivity contribution in [2.75, 3.05) is 0 Å². The second-order valence-electron chi connectivity index (χ2n) is 4.59. The van der Waals surface area contributed by atoms with E-state index in [9.17, 15) is 9.18 Å². The van der Waals surface area contributed by atoms with E-state index in [1.165, 1.54) is 12.5 Å². The van der Waals surface area contributed by atoms with Crippen molar-refractivity contribution >= 4 is 5.78 Å². The van der Waals surface area contributed by atoms with Crippen LogP contribution in [0.5, 0.6) is 0 Å². The normalized spacial score (nSPS) is 28.7. The smallest absolute Gasteiger partial charge is 0.166 e. The molecule has 2 atom stereocenters. The van der Waals surface area contributed by atoms with Crippen molar-refractivity contribution in [1.82, 2.24) is 0 Å². The summed E-state index contributed by atoms with van der Waals surface area (Å²) < 4.78 is 13.1. The number of hydrogen-bond acceptors (Lipinski definition) is 1. The zero-order chi connectivity index (χ0) is 10.4. The summed E-state index contributed by atoms with van der Waals surface area (Å²) in [5, 5.41) is 0. The van der Waals surface area contributed by atoms with Crippen molar-refractivity contribution in [2.45, 2.75) is 31.6 Å². The molecule has 15 heavy (non-hydrogen) atoms. The average Bonchev–Trinajstić information content (AvgIpc) is 2.54. The fourth-order valence-corrected chi connectivity index (χ4v) is 3.08. The molecule has 0 saturated heterocycles. The third kappa shape index (κ3) is 1.24. The van der Waals surface area contributed by atoms with Gasteiger partial charge in [-0.15, -0.1) is 0 Å². The first-order valence-electron chi connectivity index (χ1n) is 5.61. The lowest BCUT2D eigenvalue weighted by atomic mass is 9.79. The highest BCUT2D eigenvalue weighted by Crippen LogP contribution is 2.46. The molecule has 1 nitrogen and oxygen atoms in total. The molecule has 1 fully saturated rings. The van der Waals surface area contributed by atoms with Crippen LogP contribution in [0, 0.1) is 11.7 Å². The molecule has 0 bridgehead atoms. The first-order chi connectivity index (χ1) is 7.27. The molecule has 0 N–H and O–H groups in total. The predicted molar refractivity (Wildman–Crippen MR) is 55.4 cm³/mol. The Labute approximate surface area is 88.3 Å². The Morgan fingerprint density at radius 2 is 1.87 bits per heavy atom. The molecule has 0 aliphatic heterocycles. The van der Waals surface area contributed by atoms with Crippen LogP contribution in [0.3, 0.4) is 0 Å². The number of hydrogen-bond donors (Lipinski definition) is 0. The number of benzene rings is 1. The number of fused-ring (bicyclic) bond motifs is 3. The highest BCUT2D eigenvalue weighted by Gasteiger charge is 2.40. The Morgan fingerprint density at radius 1 is 1.13 bits per heavy atom. The Balaban J connectivity index is 2.12. The van der Waals surface area contributed by atoms with Gasteiger partial charge in [-0.1, -0.05) is 12.8 Å². The maximum atomic E-state index is 13.1. The molecule has 2 aliphatic carbocycles. The first-order valence-corrected chi connectivity index (χ1v) is 5.61. The van der Waals surface area contributed by atoms with Gasteiger partial charge in [0, 0.05) is 11.5 Å². The van der Waals surface area contributed by atoms with Crippen molar-refractivity contribution in [3.63, 3.8) is 0 Å². The molecule has 1 aromatic rings. The Kier molecular flexibility index (Phi) is 1.91. The quantitative estimate of drug-likeness (QED) is 0.633. The van der Waals surface area contributed by atoms with E-state index in [0.717, 1.165) is 30.4 Å². The van der Waals surface area contributed by atoms with E-state index in [0.29, 0.717) is 5.92 Å². The largest absolute Gasteiger partial charge is 0.294 e. The van der Waals surface area contributed by atoms with Gasteiger partial charge in [0.25, 0.3) is 0 Å². The summed E-state index contributed by atoms with van der Waals surface area (Å²) in [5.41, 5.74) is 1.73. The van der Waals surface area contributed by atoms with Crippen molar-refractivity contribution in [3.05, 3.63) is 35.1 Å². The summed E-state index contributed by atoms with van der Waals surface area (Å²) in [7, 11) is 0. The topological polar surface area (TPSA) is 17.1 Å². The Bertz CT molecular complexity index is 425. The summed E-state index contributed by atoms with van der Waals surface area (Å²) in [6, 6.07) is 4.61. The lowest BCUT2D eigenvalue weighted by Crippen LogP contribution is -2.17. The second-order valence-corrected chi connectivity index (χ2v) is 4.59. The Hall–Kier alpha value is -1.18. The van der Waals surface area contributed by atoms with Gasteiger partial charge in [0.1, 0.15) is 5.82 Å². The fraction of sp³-hybridized carbons (Fsp3) is 0.462. The summed E-state index contributed by atoms with van der Waals surface area (Å²) >= 11 is 0. The van der Waals surface area contributed by atoms with Crippen LogP contribution in [-0.4, -0.2) is 5.78 Å². The standard InChI is InChI=1S/C13H13FO/c14-8-5-6-11-12(7-8)9-3-1-2-4-10(9)13(11)15/h5-7,9-10H,1-4H2/t9-,10+/m0/s1. The molecule has 0 aromatic heterocycles. The molecule has 78 valence electrons. The molecular weight excluding hydrogens is 191 g/mol. The fourth-order valence-electron chi connectivity index (χ4n) is 3.08. The van der Waals surface area contributed by atoms with Gasteiger partial charge in [-0.25, -0.2) is 4.39 Å². The van der Waals surface area contributed by atoms with Gasteiger partial charge in [0.2, 0.25) is 0 Å².